The number of hydrogen-bond acceptors (Lipinski definition) is 7. The molecule has 190 valence electrons. The van der Waals surface area contributed by atoms with Gasteiger partial charge in [0.25, 0.3) is 0 Å². The highest BCUT2D eigenvalue weighted by Crippen LogP contribution is 2.65. The Hall–Kier alpha value is -4.61. The van der Waals surface area contributed by atoms with Gasteiger partial charge in [0.1, 0.15) is 23.2 Å². The normalized spacial score (nSPS) is 21.7. The third kappa shape index (κ3) is 2.93. The summed E-state index contributed by atoms with van der Waals surface area (Å²) in [5.74, 6) is 0.553. The summed E-state index contributed by atoms with van der Waals surface area (Å²) in [7, 11) is 0. The van der Waals surface area contributed by atoms with Crippen LogP contribution in [0.3, 0.4) is 0 Å². The first-order chi connectivity index (χ1) is 18.3. The van der Waals surface area contributed by atoms with Crippen LogP contribution in [0.5, 0.6) is 23.3 Å². The van der Waals surface area contributed by atoms with Gasteiger partial charge in [0.05, 0.1) is 46.0 Å². The second-order valence-electron chi connectivity index (χ2n) is 10.2. The number of fused-ring (bicyclic) bond motifs is 7. The highest BCUT2D eigenvalue weighted by molar-refractivity contribution is 5.95. The molecule has 3 aromatic carbocycles. The molecule has 5 aromatic rings. The van der Waals surface area contributed by atoms with E-state index >= 15 is 0 Å². The average molecular weight is 509 g/mol. The molecular weight excluding hydrogens is 484 g/mol. The Morgan fingerprint density at radius 3 is 2.58 bits per heavy atom. The molecule has 0 unspecified atom stereocenters. The third-order valence-corrected chi connectivity index (χ3v) is 8.10. The summed E-state index contributed by atoms with van der Waals surface area (Å²) in [6, 6.07) is 18.4. The zero-order chi connectivity index (χ0) is 26.2. The molecule has 0 saturated carbocycles. The second kappa shape index (κ2) is 7.70. The quantitative estimate of drug-likeness (QED) is 0.263. The van der Waals surface area contributed by atoms with Gasteiger partial charge in [0.2, 0.25) is 11.8 Å². The van der Waals surface area contributed by atoms with Crippen LogP contribution in [-0.2, 0) is 15.9 Å². The van der Waals surface area contributed by atoms with E-state index in [1.165, 1.54) is 10.8 Å². The molecule has 2 bridgehead atoms. The van der Waals surface area contributed by atoms with Crippen LogP contribution in [0.1, 0.15) is 42.9 Å². The molecule has 8 heteroatoms. The van der Waals surface area contributed by atoms with Crippen LogP contribution in [0.4, 0.5) is 0 Å². The second-order valence-corrected chi connectivity index (χ2v) is 10.2. The number of furan rings is 1. The molecule has 0 amide bonds. The number of benzene rings is 3. The van der Waals surface area contributed by atoms with E-state index in [9.17, 15) is 20.6 Å². The molecule has 2 aromatic heterocycles. The molecule has 1 saturated heterocycles. The third-order valence-electron chi connectivity index (χ3n) is 8.10. The topological polar surface area (TPSA) is 121 Å². The molecule has 2 aliphatic rings. The first-order valence-electron chi connectivity index (χ1n) is 12.5. The lowest BCUT2D eigenvalue weighted by molar-refractivity contribution is -0.0876. The van der Waals surface area contributed by atoms with Crippen LogP contribution in [0, 0.1) is 11.3 Å². The molecular formula is C30H24N2O6. The minimum Gasteiger partial charge on any atom is -0.504 e. The van der Waals surface area contributed by atoms with Gasteiger partial charge >= 0.3 is 0 Å². The monoisotopic (exact) mass is 508 g/mol. The molecule has 38 heavy (non-hydrogen) atoms. The Morgan fingerprint density at radius 2 is 1.76 bits per heavy atom. The Bertz CT molecular complexity index is 1810. The summed E-state index contributed by atoms with van der Waals surface area (Å²) >= 11 is 0. The van der Waals surface area contributed by atoms with E-state index in [0.29, 0.717) is 65.0 Å². The number of ether oxygens (including phenoxy) is 2. The van der Waals surface area contributed by atoms with Crippen LogP contribution in [-0.4, -0.2) is 26.5 Å². The molecule has 0 radical (unpaired) electrons. The van der Waals surface area contributed by atoms with Crippen molar-refractivity contribution in [1.82, 2.24) is 4.57 Å². The van der Waals surface area contributed by atoms with Crippen molar-refractivity contribution in [2.45, 2.75) is 37.4 Å². The lowest BCUT2D eigenvalue weighted by Crippen LogP contribution is -2.25. The van der Waals surface area contributed by atoms with Gasteiger partial charge in [-0.15, -0.1) is 0 Å². The summed E-state index contributed by atoms with van der Waals surface area (Å²) in [6.07, 6.45) is 3.12. The van der Waals surface area contributed by atoms with E-state index in [1.807, 2.05) is 31.2 Å². The molecule has 4 heterocycles. The van der Waals surface area contributed by atoms with Gasteiger partial charge in [-0.25, -0.2) is 0 Å². The van der Waals surface area contributed by atoms with Gasteiger partial charge in [0.15, 0.2) is 5.75 Å². The molecule has 7 rings (SSSR count). The number of nitrogens with zero attached hydrogens (tertiary/aromatic N) is 2. The van der Waals surface area contributed by atoms with Crippen LogP contribution < -0.4 is 4.74 Å². The molecule has 0 spiro atoms. The summed E-state index contributed by atoms with van der Waals surface area (Å²) in [5.41, 5.74) is 1.28. The van der Waals surface area contributed by atoms with Crippen molar-refractivity contribution in [2.75, 3.05) is 6.61 Å². The minimum absolute atomic E-state index is 0.0552. The number of aromatic nitrogens is 1. The molecule has 2 aliphatic heterocycles. The lowest BCUT2D eigenvalue weighted by Gasteiger charge is -2.26. The van der Waals surface area contributed by atoms with E-state index < -0.39 is 11.2 Å². The van der Waals surface area contributed by atoms with Gasteiger partial charge in [-0.3, -0.25) is 4.57 Å². The van der Waals surface area contributed by atoms with Gasteiger partial charge in [0, 0.05) is 23.3 Å². The summed E-state index contributed by atoms with van der Waals surface area (Å²) in [6.45, 7) is 2.25. The highest BCUT2D eigenvalue weighted by atomic mass is 16.5. The SMILES string of the molecule is C[C@]12CC[C@](CCOc3ccc4c(O)coc4c3)(O1)c1c2c(O)n(-c2ccc(C#N)c3ccccc23)c1O. The van der Waals surface area contributed by atoms with Crippen LogP contribution >= 0.6 is 0 Å². The zero-order valence-electron chi connectivity index (χ0n) is 20.6. The van der Waals surface area contributed by atoms with Crippen molar-refractivity contribution >= 4 is 21.7 Å². The smallest absolute Gasteiger partial charge is 0.205 e. The van der Waals surface area contributed by atoms with Crippen LogP contribution in [0.15, 0.2) is 65.3 Å². The molecule has 3 N–H and O–H groups in total. The molecule has 0 aliphatic carbocycles. The van der Waals surface area contributed by atoms with E-state index in [-0.39, 0.29) is 17.5 Å². The van der Waals surface area contributed by atoms with Crippen molar-refractivity contribution in [3.63, 3.8) is 0 Å². The van der Waals surface area contributed by atoms with E-state index in [2.05, 4.69) is 6.07 Å². The van der Waals surface area contributed by atoms with E-state index in [1.54, 1.807) is 30.3 Å². The predicted octanol–water partition coefficient (Wildman–Crippen LogP) is 6.07. The number of rotatable bonds is 5. The van der Waals surface area contributed by atoms with Crippen LogP contribution in [0.25, 0.3) is 27.4 Å². The van der Waals surface area contributed by atoms with Gasteiger partial charge in [-0.05, 0) is 44.0 Å². The first kappa shape index (κ1) is 22.6. The largest absolute Gasteiger partial charge is 0.504 e. The summed E-state index contributed by atoms with van der Waals surface area (Å²) < 4.78 is 19.4. The van der Waals surface area contributed by atoms with Crippen molar-refractivity contribution < 1.29 is 29.2 Å². The van der Waals surface area contributed by atoms with Gasteiger partial charge in [-0.1, -0.05) is 24.3 Å². The minimum atomic E-state index is -0.813. The standard InChI is InChI=1S/C30H24N2O6/c1-29-10-11-30(38-29,12-13-36-18-7-8-21-23(33)16-37-24(21)14-18)26-25(29)27(34)32(28(26)35)22-9-6-17(15-31)19-4-2-3-5-20(19)22/h2-9,14,16,33-35H,10-13H2,1H3/t29-,30-/m1/s1. The first-order valence-corrected chi connectivity index (χ1v) is 12.5. The van der Waals surface area contributed by atoms with Crippen molar-refractivity contribution in [2.24, 2.45) is 0 Å². The maximum absolute atomic E-state index is 11.6. The molecule has 8 nitrogen and oxygen atoms in total. The lowest BCUT2D eigenvalue weighted by atomic mass is 9.78. The van der Waals surface area contributed by atoms with Crippen LogP contribution in [0.2, 0.25) is 0 Å². The van der Waals surface area contributed by atoms with E-state index in [0.717, 1.165) is 10.8 Å². The maximum atomic E-state index is 11.6. The Labute approximate surface area is 217 Å². The summed E-state index contributed by atoms with van der Waals surface area (Å²) in [5, 5.41) is 44.6. The maximum Gasteiger partial charge on any atom is 0.205 e. The van der Waals surface area contributed by atoms with Gasteiger partial charge < -0.3 is 29.2 Å². The fourth-order valence-electron chi connectivity index (χ4n) is 6.33. The van der Waals surface area contributed by atoms with Crippen molar-refractivity contribution in [3.8, 4) is 35.0 Å². The highest BCUT2D eigenvalue weighted by Gasteiger charge is 2.61. The fraction of sp³-hybridized carbons (Fsp3) is 0.233. The Kier molecular flexibility index (Phi) is 4.57. The van der Waals surface area contributed by atoms with E-state index in [4.69, 9.17) is 13.9 Å². The fourth-order valence-corrected chi connectivity index (χ4v) is 6.33. The number of nitriles is 1. The summed E-state index contributed by atoms with van der Waals surface area (Å²) in [4.78, 5) is 0. The van der Waals surface area contributed by atoms with Crippen molar-refractivity contribution in [1.29, 1.82) is 5.26 Å². The predicted molar refractivity (Wildman–Crippen MR) is 139 cm³/mol. The molecule has 1 fully saturated rings. The number of aromatic hydroxyl groups is 3. The van der Waals surface area contributed by atoms with Gasteiger partial charge in [-0.2, -0.15) is 5.26 Å². The Balaban J connectivity index is 1.27. The number of hydrogen-bond donors (Lipinski definition) is 3. The average Bonchev–Trinajstić information content (AvgIpc) is 3.62. The van der Waals surface area contributed by atoms with Crippen molar-refractivity contribution in [3.05, 3.63) is 77.6 Å². The Morgan fingerprint density at radius 1 is 0.974 bits per heavy atom. The zero-order valence-corrected chi connectivity index (χ0v) is 20.6. The molecule has 2 atom stereocenters.